The first-order chi connectivity index (χ1) is 14.5. The topological polar surface area (TPSA) is 60.7 Å². The summed E-state index contributed by atoms with van der Waals surface area (Å²) in [5.41, 5.74) is 3.16. The summed E-state index contributed by atoms with van der Waals surface area (Å²) in [4.78, 5) is 0. The molecule has 0 radical (unpaired) electrons. The van der Waals surface area contributed by atoms with Crippen LogP contribution >= 0.6 is 0 Å². The van der Waals surface area contributed by atoms with Crippen LogP contribution in [0, 0.1) is 35.0 Å². The highest BCUT2D eigenvalue weighted by atomic mass is 16.5. The fourth-order valence-electron chi connectivity index (χ4n) is 6.31. The lowest BCUT2D eigenvalue weighted by molar-refractivity contribution is -0.221. The zero-order valence-electron chi connectivity index (χ0n) is 20.3. The second-order valence-electron chi connectivity index (χ2n) is 11.2. The van der Waals surface area contributed by atoms with Gasteiger partial charge in [0.15, 0.2) is 5.79 Å². The predicted molar refractivity (Wildman–Crippen MR) is 128 cm³/mol. The second kappa shape index (κ2) is 9.37. The van der Waals surface area contributed by atoms with Crippen molar-refractivity contribution in [3.8, 4) is 0 Å². The Morgan fingerprint density at radius 3 is 2.39 bits per heavy atom. The predicted octanol–water partition coefficient (Wildman–Crippen LogP) is 5.93. The molecule has 31 heavy (non-hydrogen) atoms. The van der Waals surface area contributed by atoms with E-state index < -0.39 is 11.9 Å². The quantitative estimate of drug-likeness (QED) is 0.375. The Kier molecular flexibility index (Phi) is 7.40. The minimum Gasteiger partial charge on any atom is -0.383 e. The van der Waals surface area contributed by atoms with Crippen molar-refractivity contribution in [2.75, 3.05) is 0 Å². The molecule has 0 aromatic rings. The van der Waals surface area contributed by atoms with Crippen LogP contribution in [0.4, 0.5) is 0 Å². The van der Waals surface area contributed by atoms with E-state index in [0.717, 1.165) is 12.0 Å². The van der Waals surface area contributed by atoms with Crippen LogP contribution in [0.2, 0.25) is 0 Å². The maximum absolute atomic E-state index is 10.4. The van der Waals surface area contributed by atoms with E-state index in [-0.39, 0.29) is 6.42 Å². The van der Waals surface area contributed by atoms with Crippen molar-refractivity contribution in [3.63, 3.8) is 0 Å². The number of aliphatic hydroxyl groups is 3. The molecule has 3 heteroatoms. The lowest BCUT2D eigenvalue weighted by Crippen LogP contribution is -2.46. The SMILES string of the molecule is C=C1CCC(O)(O)C(O)/C1=C/C=C1\CCC[C@]2(C)[C@@H]([C@H](C)/C=C/[C@H](C)C(C)C)CC[C@@H]12. The van der Waals surface area contributed by atoms with E-state index >= 15 is 0 Å². The van der Waals surface area contributed by atoms with Gasteiger partial charge in [-0.3, -0.25) is 0 Å². The molecule has 3 nitrogen and oxygen atoms in total. The summed E-state index contributed by atoms with van der Waals surface area (Å²) in [5.74, 6) is 1.08. The Hall–Kier alpha value is -1.16. The third kappa shape index (κ3) is 4.94. The molecule has 174 valence electrons. The molecule has 1 unspecified atom stereocenters. The molecule has 0 aromatic heterocycles. The summed E-state index contributed by atoms with van der Waals surface area (Å²) in [6.07, 6.45) is 14.4. The Morgan fingerprint density at radius 2 is 1.71 bits per heavy atom. The molecule has 0 aliphatic heterocycles. The number of fused-ring (bicyclic) bond motifs is 1. The van der Waals surface area contributed by atoms with Gasteiger partial charge in [-0.2, -0.15) is 0 Å². The molecule has 3 N–H and O–H groups in total. The number of rotatable bonds is 5. The fraction of sp³-hybridized carbons (Fsp3) is 0.714. The third-order valence-electron chi connectivity index (χ3n) is 8.85. The maximum Gasteiger partial charge on any atom is 0.194 e. The van der Waals surface area contributed by atoms with Gasteiger partial charge in [-0.15, -0.1) is 0 Å². The normalized spacial score (nSPS) is 38.2. The molecule has 3 saturated carbocycles. The zero-order chi connectivity index (χ0) is 23.0. The molecule has 0 bridgehead atoms. The van der Waals surface area contributed by atoms with Crippen LogP contribution in [0.5, 0.6) is 0 Å². The molecule has 0 aromatic carbocycles. The zero-order valence-corrected chi connectivity index (χ0v) is 20.3. The number of hydrogen-bond acceptors (Lipinski definition) is 3. The Balaban J connectivity index is 1.80. The Morgan fingerprint density at radius 1 is 1.00 bits per heavy atom. The summed E-state index contributed by atoms with van der Waals surface area (Å²) >= 11 is 0. The van der Waals surface area contributed by atoms with Gasteiger partial charge < -0.3 is 15.3 Å². The molecule has 3 fully saturated rings. The molecule has 6 atom stereocenters. The lowest BCUT2D eigenvalue weighted by Gasteiger charge is -2.44. The van der Waals surface area contributed by atoms with Crippen LogP contribution in [-0.2, 0) is 0 Å². The molecular weight excluding hydrogens is 384 g/mol. The lowest BCUT2D eigenvalue weighted by atomic mass is 9.61. The van der Waals surface area contributed by atoms with Crippen molar-refractivity contribution in [1.82, 2.24) is 0 Å². The van der Waals surface area contributed by atoms with E-state index in [9.17, 15) is 15.3 Å². The van der Waals surface area contributed by atoms with Gasteiger partial charge in [-0.05, 0) is 84.7 Å². The number of allylic oxidation sites excluding steroid dienone is 5. The Bertz CT molecular complexity index is 756. The van der Waals surface area contributed by atoms with E-state index in [2.05, 4.69) is 59.4 Å². The van der Waals surface area contributed by atoms with Crippen LogP contribution in [0.25, 0.3) is 0 Å². The molecule has 3 aliphatic rings. The average Bonchev–Trinajstić information content (AvgIpc) is 3.06. The average molecular weight is 429 g/mol. The molecular formula is C28H44O3. The van der Waals surface area contributed by atoms with Crippen molar-refractivity contribution in [2.45, 2.75) is 91.5 Å². The highest BCUT2D eigenvalue weighted by Gasteiger charge is 2.50. The van der Waals surface area contributed by atoms with Gasteiger partial charge in [0.1, 0.15) is 6.10 Å². The van der Waals surface area contributed by atoms with Crippen molar-refractivity contribution in [1.29, 1.82) is 0 Å². The fourth-order valence-corrected chi connectivity index (χ4v) is 6.31. The first-order valence-electron chi connectivity index (χ1n) is 12.4. The minimum atomic E-state index is -2.06. The van der Waals surface area contributed by atoms with Gasteiger partial charge in [0, 0.05) is 6.42 Å². The molecule has 3 rings (SSSR count). The van der Waals surface area contributed by atoms with Gasteiger partial charge in [0.2, 0.25) is 0 Å². The number of hydrogen-bond donors (Lipinski definition) is 3. The summed E-state index contributed by atoms with van der Waals surface area (Å²) < 4.78 is 0. The van der Waals surface area contributed by atoms with Gasteiger partial charge in [0.05, 0.1) is 0 Å². The summed E-state index contributed by atoms with van der Waals surface area (Å²) in [7, 11) is 0. The first-order valence-corrected chi connectivity index (χ1v) is 12.4. The standard InChI is InChI=1S/C28H44O3/c1-18(2)19(3)9-10-21(5)24-13-14-25-22(8-7-16-27(24,25)6)11-12-23-20(4)15-17-28(30,31)26(23)29/h9-12,18-19,21,24-26,29-31H,4,7-8,13-17H2,1-3,5-6H3/b10-9+,22-11+,23-12+/t19-,21+,24+,25-,26?,27+/m0/s1. The van der Waals surface area contributed by atoms with E-state index in [1.807, 2.05) is 6.08 Å². The molecule has 0 spiro atoms. The third-order valence-corrected chi connectivity index (χ3v) is 8.85. The minimum absolute atomic E-state index is 0.129. The van der Waals surface area contributed by atoms with E-state index in [1.165, 1.54) is 31.3 Å². The smallest absolute Gasteiger partial charge is 0.194 e. The second-order valence-corrected chi connectivity index (χ2v) is 11.2. The van der Waals surface area contributed by atoms with Crippen LogP contribution in [0.15, 0.2) is 47.6 Å². The highest BCUT2D eigenvalue weighted by Crippen LogP contribution is 2.59. The molecule has 0 saturated heterocycles. The van der Waals surface area contributed by atoms with Gasteiger partial charge in [-0.1, -0.05) is 71.1 Å². The molecule has 3 aliphatic carbocycles. The van der Waals surface area contributed by atoms with Crippen molar-refractivity contribution < 1.29 is 15.3 Å². The molecule has 0 heterocycles. The Labute approximate surface area is 189 Å². The van der Waals surface area contributed by atoms with E-state index in [4.69, 9.17) is 0 Å². The van der Waals surface area contributed by atoms with Crippen LogP contribution in [-0.4, -0.2) is 27.2 Å². The van der Waals surface area contributed by atoms with Crippen molar-refractivity contribution >= 4 is 0 Å². The van der Waals surface area contributed by atoms with Crippen LogP contribution in [0.1, 0.15) is 79.6 Å². The van der Waals surface area contributed by atoms with Crippen molar-refractivity contribution in [3.05, 3.63) is 47.6 Å². The van der Waals surface area contributed by atoms with Crippen LogP contribution < -0.4 is 0 Å². The summed E-state index contributed by atoms with van der Waals surface area (Å²) in [5, 5.41) is 30.6. The van der Waals surface area contributed by atoms with E-state index in [1.54, 1.807) is 0 Å². The monoisotopic (exact) mass is 428 g/mol. The largest absolute Gasteiger partial charge is 0.383 e. The summed E-state index contributed by atoms with van der Waals surface area (Å²) in [6, 6.07) is 0. The van der Waals surface area contributed by atoms with E-state index in [0.29, 0.717) is 47.0 Å². The van der Waals surface area contributed by atoms with Gasteiger partial charge >= 0.3 is 0 Å². The van der Waals surface area contributed by atoms with Crippen LogP contribution in [0.3, 0.4) is 0 Å². The maximum atomic E-state index is 10.4. The highest BCUT2D eigenvalue weighted by molar-refractivity contribution is 5.40. The van der Waals surface area contributed by atoms with Gasteiger partial charge in [0.25, 0.3) is 0 Å². The number of aliphatic hydroxyl groups excluding tert-OH is 1. The first kappa shape index (κ1) is 24.5. The summed E-state index contributed by atoms with van der Waals surface area (Å²) in [6.45, 7) is 15.8. The molecule has 0 amide bonds. The van der Waals surface area contributed by atoms with Crippen molar-refractivity contribution in [2.24, 2.45) is 35.0 Å². The van der Waals surface area contributed by atoms with Gasteiger partial charge in [-0.25, -0.2) is 0 Å².